The summed E-state index contributed by atoms with van der Waals surface area (Å²) in [4.78, 5) is 12.0. The molecule has 2 unspecified atom stereocenters. The molecule has 2 nitrogen and oxygen atoms in total. The molecule has 2 aromatic carbocycles. The van der Waals surface area contributed by atoms with Crippen molar-refractivity contribution in [3.05, 3.63) is 65.7 Å². The highest BCUT2D eigenvalue weighted by Gasteiger charge is 2.25. The molecule has 4 heteroatoms. The predicted molar refractivity (Wildman–Crippen MR) is 95.3 cm³/mol. The summed E-state index contributed by atoms with van der Waals surface area (Å²) in [6, 6.07) is 17.8. The standard InChI is InChI=1S/C17H17Br2NO/c1-2-12-8-6-7-11-14(12)20-17(21)16(19)15(18)13-9-4-3-5-10-13/h3-11,15-16H,2H2,1H3,(H,20,21). The van der Waals surface area contributed by atoms with Crippen molar-refractivity contribution in [1.29, 1.82) is 0 Å². The first kappa shape index (κ1) is 16.2. The van der Waals surface area contributed by atoms with Crippen LogP contribution in [0.4, 0.5) is 5.69 Å². The van der Waals surface area contributed by atoms with E-state index < -0.39 is 0 Å². The van der Waals surface area contributed by atoms with E-state index in [2.05, 4.69) is 44.1 Å². The minimum Gasteiger partial charge on any atom is -0.325 e. The van der Waals surface area contributed by atoms with Gasteiger partial charge in [0.2, 0.25) is 5.91 Å². The van der Waals surface area contributed by atoms with E-state index in [0.29, 0.717) is 0 Å². The van der Waals surface area contributed by atoms with Gasteiger partial charge in [0.15, 0.2) is 0 Å². The third-order valence-corrected chi connectivity index (χ3v) is 5.99. The smallest absolute Gasteiger partial charge is 0.239 e. The lowest BCUT2D eigenvalue weighted by Gasteiger charge is -2.18. The number of hydrogen-bond donors (Lipinski definition) is 1. The fraction of sp³-hybridized carbons (Fsp3) is 0.235. The van der Waals surface area contributed by atoms with Crippen molar-refractivity contribution in [2.45, 2.75) is 23.0 Å². The van der Waals surface area contributed by atoms with Crippen molar-refractivity contribution in [3.63, 3.8) is 0 Å². The first-order valence-electron chi connectivity index (χ1n) is 6.85. The topological polar surface area (TPSA) is 29.1 Å². The highest BCUT2D eigenvalue weighted by Crippen LogP contribution is 2.32. The second-order valence-electron chi connectivity index (χ2n) is 4.71. The number of rotatable bonds is 5. The summed E-state index contributed by atoms with van der Waals surface area (Å²) in [7, 11) is 0. The summed E-state index contributed by atoms with van der Waals surface area (Å²) in [5.41, 5.74) is 3.08. The average Bonchev–Trinajstić information content (AvgIpc) is 2.54. The van der Waals surface area contributed by atoms with E-state index in [9.17, 15) is 4.79 Å². The first-order chi connectivity index (χ1) is 10.1. The van der Waals surface area contributed by atoms with Gasteiger partial charge >= 0.3 is 0 Å². The molecule has 2 rings (SSSR count). The van der Waals surface area contributed by atoms with E-state index in [1.807, 2.05) is 54.6 Å². The molecule has 110 valence electrons. The molecular formula is C17H17Br2NO. The lowest BCUT2D eigenvalue weighted by molar-refractivity contribution is -0.115. The fourth-order valence-corrected chi connectivity index (χ4v) is 3.06. The van der Waals surface area contributed by atoms with Crippen molar-refractivity contribution in [1.82, 2.24) is 0 Å². The third kappa shape index (κ3) is 4.17. The van der Waals surface area contributed by atoms with E-state index in [0.717, 1.165) is 23.2 Å². The number of anilines is 1. The summed E-state index contributed by atoms with van der Waals surface area (Å²) >= 11 is 7.08. The minimum absolute atomic E-state index is 0.0540. The summed E-state index contributed by atoms with van der Waals surface area (Å²) < 4.78 is 0. The Kier molecular flexibility index (Phi) is 6.00. The van der Waals surface area contributed by atoms with Gasteiger partial charge in [0.25, 0.3) is 0 Å². The second kappa shape index (κ2) is 7.76. The van der Waals surface area contributed by atoms with Crippen LogP contribution in [-0.2, 0) is 11.2 Å². The zero-order valence-corrected chi connectivity index (χ0v) is 14.9. The van der Waals surface area contributed by atoms with E-state index >= 15 is 0 Å². The van der Waals surface area contributed by atoms with Gasteiger partial charge in [0, 0.05) is 5.69 Å². The molecule has 0 aliphatic carbocycles. The minimum atomic E-state index is -0.343. The number of amides is 1. The Morgan fingerprint density at radius 1 is 1.05 bits per heavy atom. The van der Waals surface area contributed by atoms with Crippen LogP contribution in [0.1, 0.15) is 22.9 Å². The molecule has 0 aliphatic heterocycles. The Morgan fingerprint density at radius 2 is 1.67 bits per heavy atom. The Hall–Kier alpha value is -1.13. The monoisotopic (exact) mass is 409 g/mol. The fourth-order valence-electron chi connectivity index (χ4n) is 2.09. The molecule has 1 N–H and O–H groups in total. The summed E-state index contributed by atoms with van der Waals surface area (Å²) in [5, 5.41) is 3.00. The molecule has 2 atom stereocenters. The molecule has 0 fully saturated rings. The van der Waals surface area contributed by atoms with Gasteiger partial charge in [-0.05, 0) is 23.6 Å². The number of nitrogens with one attached hydrogen (secondary N) is 1. The number of hydrogen-bond acceptors (Lipinski definition) is 1. The van der Waals surface area contributed by atoms with Crippen LogP contribution in [0.3, 0.4) is 0 Å². The first-order valence-corrected chi connectivity index (χ1v) is 8.68. The maximum absolute atomic E-state index is 12.4. The van der Waals surface area contributed by atoms with Gasteiger partial charge in [0.05, 0.1) is 4.83 Å². The van der Waals surface area contributed by atoms with E-state index in [1.165, 1.54) is 0 Å². The number of carbonyl (C=O) groups is 1. The van der Waals surface area contributed by atoms with Crippen LogP contribution in [0, 0.1) is 0 Å². The lowest BCUT2D eigenvalue weighted by atomic mass is 10.1. The van der Waals surface area contributed by atoms with Crippen LogP contribution in [-0.4, -0.2) is 10.7 Å². The Balaban J connectivity index is 2.09. The van der Waals surface area contributed by atoms with Gasteiger partial charge in [-0.3, -0.25) is 4.79 Å². The van der Waals surface area contributed by atoms with Crippen molar-refractivity contribution < 1.29 is 4.79 Å². The van der Waals surface area contributed by atoms with Crippen LogP contribution in [0.15, 0.2) is 54.6 Å². The van der Waals surface area contributed by atoms with Crippen molar-refractivity contribution in [3.8, 4) is 0 Å². The van der Waals surface area contributed by atoms with Crippen LogP contribution in [0.5, 0.6) is 0 Å². The van der Waals surface area contributed by atoms with Crippen LogP contribution in [0.25, 0.3) is 0 Å². The van der Waals surface area contributed by atoms with E-state index in [-0.39, 0.29) is 15.6 Å². The second-order valence-corrected chi connectivity index (χ2v) is 6.69. The molecule has 2 aromatic rings. The molecule has 0 heterocycles. The van der Waals surface area contributed by atoms with Crippen LogP contribution < -0.4 is 5.32 Å². The van der Waals surface area contributed by atoms with Crippen LogP contribution >= 0.6 is 31.9 Å². The van der Waals surface area contributed by atoms with Crippen molar-refractivity contribution >= 4 is 43.5 Å². The highest BCUT2D eigenvalue weighted by molar-refractivity contribution is 9.12. The summed E-state index contributed by atoms with van der Waals surface area (Å²) in [5.74, 6) is -0.0540. The Labute approximate surface area is 142 Å². The average molecular weight is 411 g/mol. The molecule has 0 aromatic heterocycles. The molecule has 0 spiro atoms. The number of halogens is 2. The number of alkyl halides is 2. The predicted octanol–water partition coefficient (Wildman–Crippen LogP) is 5.09. The van der Waals surface area contributed by atoms with E-state index in [1.54, 1.807) is 0 Å². The number of carbonyl (C=O) groups excluding carboxylic acids is 1. The molecule has 1 amide bonds. The molecular weight excluding hydrogens is 394 g/mol. The van der Waals surface area contributed by atoms with Gasteiger partial charge in [-0.15, -0.1) is 0 Å². The highest BCUT2D eigenvalue weighted by atomic mass is 79.9. The molecule has 0 saturated carbocycles. The van der Waals surface area contributed by atoms with Gasteiger partial charge in [0.1, 0.15) is 4.83 Å². The molecule has 0 saturated heterocycles. The maximum Gasteiger partial charge on any atom is 0.239 e. The lowest BCUT2D eigenvalue weighted by Crippen LogP contribution is -2.26. The molecule has 21 heavy (non-hydrogen) atoms. The third-order valence-electron chi connectivity index (χ3n) is 3.28. The summed E-state index contributed by atoms with van der Waals surface area (Å²) in [6.45, 7) is 2.08. The van der Waals surface area contributed by atoms with Gasteiger partial charge in [-0.1, -0.05) is 87.3 Å². The number of aryl methyl sites for hydroxylation is 1. The quantitative estimate of drug-likeness (QED) is 0.683. The van der Waals surface area contributed by atoms with Gasteiger partial charge in [-0.25, -0.2) is 0 Å². The zero-order valence-electron chi connectivity index (χ0n) is 11.7. The van der Waals surface area contributed by atoms with E-state index in [4.69, 9.17) is 0 Å². The van der Waals surface area contributed by atoms with Crippen molar-refractivity contribution in [2.24, 2.45) is 0 Å². The SMILES string of the molecule is CCc1ccccc1NC(=O)C(Br)C(Br)c1ccccc1. The van der Waals surface area contributed by atoms with Crippen molar-refractivity contribution in [2.75, 3.05) is 5.32 Å². The van der Waals surface area contributed by atoms with Gasteiger partial charge < -0.3 is 5.32 Å². The van der Waals surface area contributed by atoms with Crippen LogP contribution in [0.2, 0.25) is 0 Å². The zero-order chi connectivity index (χ0) is 15.2. The molecule has 0 radical (unpaired) electrons. The normalized spacial score (nSPS) is 13.5. The number of benzene rings is 2. The largest absolute Gasteiger partial charge is 0.325 e. The maximum atomic E-state index is 12.4. The summed E-state index contributed by atoms with van der Waals surface area (Å²) in [6.07, 6.45) is 0.889. The Bertz CT molecular complexity index is 601. The molecule has 0 aliphatic rings. The Morgan fingerprint density at radius 3 is 2.33 bits per heavy atom. The van der Waals surface area contributed by atoms with Gasteiger partial charge in [-0.2, -0.15) is 0 Å². The molecule has 0 bridgehead atoms. The number of para-hydroxylation sites is 1.